The largest absolute Gasteiger partial charge is 0.481 e. The topological polar surface area (TPSA) is 72.2 Å². The van der Waals surface area contributed by atoms with Gasteiger partial charge < -0.3 is 5.11 Å². The zero-order valence-corrected chi connectivity index (χ0v) is 15.0. The van der Waals surface area contributed by atoms with Crippen LogP contribution < -0.4 is 5.56 Å². The first kappa shape index (κ1) is 18.2. The molecule has 136 valence electrons. The Morgan fingerprint density at radius 3 is 2.54 bits per heavy atom. The average Bonchev–Trinajstić information content (AvgIpc) is 2.84. The van der Waals surface area contributed by atoms with E-state index in [0.717, 1.165) is 22.6 Å². The molecule has 0 spiro atoms. The van der Waals surface area contributed by atoms with Gasteiger partial charge in [-0.15, -0.1) is 11.3 Å². The van der Waals surface area contributed by atoms with Crippen LogP contribution in [-0.4, -0.2) is 20.6 Å². The van der Waals surface area contributed by atoms with Crippen LogP contribution in [0.5, 0.6) is 0 Å². The van der Waals surface area contributed by atoms with Gasteiger partial charge in [-0.3, -0.25) is 14.2 Å². The van der Waals surface area contributed by atoms with E-state index in [2.05, 4.69) is 4.98 Å². The third-order valence-electron chi connectivity index (χ3n) is 4.25. The van der Waals surface area contributed by atoms with E-state index < -0.39 is 23.2 Å². The van der Waals surface area contributed by atoms with Crippen LogP contribution in [0, 0.1) is 25.5 Å². The van der Waals surface area contributed by atoms with E-state index in [9.17, 15) is 18.4 Å². The van der Waals surface area contributed by atoms with Crippen molar-refractivity contribution < 1.29 is 18.7 Å². The predicted octanol–water partition coefficient (Wildman–Crippen LogP) is 3.88. The molecule has 0 fully saturated rings. The van der Waals surface area contributed by atoms with Gasteiger partial charge in [-0.25, -0.2) is 13.8 Å². The summed E-state index contributed by atoms with van der Waals surface area (Å²) in [6.07, 6.45) is -0.0149. The summed E-state index contributed by atoms with van der Waals surface area (Å²) < 4.78 is 29.8. The fourth-order valence-electron chi connectivity index (χ4n) is 2.83. The van der Waals surface area contributed by atoms with Crippen molar-refractivity contribution in [2.24, 2.45) is 0 Å². The number of benzene rings is 1. The van der Waals surface area contributed by atoms with Gasteiger partial charge in [-0.1, -0.05) is 6.07 Å². The normalized spacial score (nSPS) is 11.2. The molecule has 0 saturated carbocycles. The van der Waals surface area contributed by atoms with Crippen molar-refractivity contribution >= 4 is 27.5 Å². The molecule has 0 aliphatic carbocycles. The fourth-order valence-corrected chi connectivity index (χ4v) is 3.85. The van der Waals surface area contributed by atoms with Crippen molar-refractivity contribution in [3.8, 4) is 11.4 Å². The van der Waals surface area contributed by atoms with Gasteiger partial charge in [0.05, 0.1) is 10.9 Å². The zero-order chi connectivity index (χ0) is 19.0. The molecule has 2 heterocycles. The first-order valence-corrected chi connectivity index (χ1v) is 8.79. The molecular weight excluding hydrogens is 362 g/mol. The van der Waals surface area contributed by atoms with Gasteiger partial charge in [0.2, 0.25) is 0 Å². The second-order valence-electron chi connectivity index (χ2n) is 5.95. The standard InChI is InChI=1S/C18H16F2N2O3S/c1-9-10(2)26-17-14(9)18(25)22(8-4-7-13(23)24)16(21-17)15-11(19)5-3-6-12(15)20/h3,5-6H,4,7-8H2,1-2H3,(H,23,24). The van der Waals surface area contributed by atoms with E-state index in [4.69, 9.17) is 5.11 Å². The Labute approximate surface area is 151 Å². The molecule has 3 rings (SSSR count). The molecule has 0 radical (unpaired) electrons. The van der Waals surface area contributed by atoms with Crippen molar-refractivity contribution in [3.05, 3.63) is 50.6 Å². The van der Waals surface area contributed by atoms with Crippen molar-refractivity contribution in [2.75, 3.05) is 0 Å². The minimum atomic E-state index is -1.01. The molecule has 0 saturated heterocycles. The maximum absolute atomic E-state index is 14.3. The number of halogens is 2. The van der Waals surface area contributed by atoms with Crippen LogP contribution >= 0.6 is 11.3 Å². The van der Waals surface area contributed by atoms with Gasteiger partial charge in [0.1, 0.15) is 22.3 Å². The molecular formula is C18H16F2N2O3S. The quantitative estimate of drug-likeness (QED) is 0.731. The molecule has 0 unspecified atom stereocenters. The minimum absolute atomic E-state index is 0.00547. The summed E-state index contributed by atoms with van der Waals surface area (Å²) in [6, 6.07) is 3.43. The van der Waals surface area contributed by atoms with Gasteiger partial charge in [0.25, 0.3) is 5.56 Å². The maximum Gasteiger partial charge on any atom is 0.303 e. The van der Waals surface area contributed by atoms with E-state index in [1.54, 1.807) is 6.92 Å². The molecule has 3 aromatic rings. The lowest BCUT2D eigenvalue weighted by atomic mass is 10.1. The number of carboxylic acid groups (broad SMARTS) is 1. The molecule has 26 heavy (non-hydrogen) atoms. The smallest absolute Gasteiger partial charge is 0.303 e. The van der Waals surface area contributed by atoms with E-state index >= 15 is 0 Å². The number of hydrogen-bond acceptors (Lipinski definition) is 4. The molecule has 0 atom stereocenters. The number of carboxylic acids is 1. The number of carbonyl (C=O) groups is 1. The molecule has 0 amide bonds. The molecule has 5 nitrogen and oxygen atoms in total. The lowest BCUT2D eigenvalue weighted by Gasteiger charge is -2.13. The second-order valence-corrected chi connectivity index (χ2v) is 7.15. The Balaban J connectivity index is 2.29. The van der Waals surface area contributed by atoms with Crippen LogP contribution in [0.2, 0.25) is 0 Å². The molecule has 8 heteroatoms. The summed E-state index contributed by atoms with van der Waals surface area (Å²) in [4.78, 5) is 29.5. The molecule has 0 aliphatic heterocycles. The van der Waals surface area contributed by atoms with Gasteiger partial charge in [-0.2, -0.15) is 0 Å². The van der Waals surface area contributed by atoms with Crippen molar-refractivity contribution in [2.45, 2.75) is 33.2 Å². The maximum atomic E-state index is 14.3. The van der Waals surface area contributed by atoms with E-state index in [-0.39, 0.29) is 30.8 Å². The second kappa shape index (κ2) is 6.95. The molecule has 2 aromatic heterocycles. The van der Waals surface area contributed by atoms with Crippen molar-refractivity contribution in [3.63, 3.8) is 0 Å². The third kappa shape index (κ3) is 3.12. The molecule has 1 N–H and O–H groups in total. The first-order chi connectivity index (χ1) is 12.3. The highest BCUT2D eigenvalue weighted by Gasteiger charge is 2.22. The number of rotatable bonds is 5. The highest BCUT2D eigenvalue weighted by Crippen LogP contribution is 2.30. The Hall–Kier alpha value is -2.61. The highest BCUT2D eigenvalue weighted by molar-refractivity contribution is 7.18. The number of hydrogen-bond donors (Lipinski definition) is 1. The zero-order valence-electron chi connectivity index (χ0n) is 14.2. The van der Waals surface area contributed by atoms with E-state index in [1.165, 1.54) is 22.0 Å². The van der Waals surface area contributed by atoms with E-state index in [1.807, 2.05) is 6.92 Å². The Morgan fingerprint density at radius 1 is 1.27 bits per heavy atom. The van der Waals surface area contributed by atoms with Crippen LogP contribution in [-0.2, 0) is 11.3 Å². The average molecular weight is 378 g/mol. The van der Waals surface area contributed by atoms with Gasteiger partial charge in [0.15, 0.2) is 0 Å². The van der Waals surface area contributed by atoms with Crippen LogP contribution in [0.3, 0.4) is 0 Å². The van der Waals surface area contributed by atoms with Crippen LogP contribution in [0.25, 0.3) is 21.6 Å². The monoisotopic (exact) mass is 378 g/mol. The molecule has 1 aromatic carbocycles. The lowest BCUT2D eigenvalue weighted by molar-refractivity contribution is -0.137. The highest BCUT2D eigenvalue weighted by atomic mass is 32.1. The fraction of sp³-hybridized carbons (Fsp3) is 0.278. The summed E-state index contributed by atoms with van der Waals surface area (Å²) in [5.74, 6) is -2.78. The predicted molar refractivity (Wildman–Crippen MR) is 95.6 cm³/mol. The van der Waals surface area contributed by atoms with Crippen LogP contribution in [0.4, 0.5) is 8.78 Å². The van der Waals surface area contributed by atoms with Crippen LogP contribution in [0.15, 0.2) is 23.0 Å². The summed E-state index contributed by atoms with van der Waals surface area (Å²) >= 11 is 1.29. The van der Waals surface area contributed by atoms with Crippen molar-refractivity contribution in [1.82, 2.24) is 9.55 Å². The molecule has 0 bridgehead atoms. The SMILES string of the molecule is Cc1sc2nc(-c3c(F)cccc3F)n(CCCC(=O)O)c(=O)c2c1C. The Kier molecular flexibility index (Phi) is 4.86. The number of aryl methyl sites for hydroxylation is 2. The first-order valence-electron chi connectivity index (χ1n) is 7.98. The van der Waals surface area contributed by atoms with Crippen molar-refractivity contribution in [1.29, 1.82) is 0 Å². The van der Waals surface area contributed by atoms with Gasteiger partial charge >= 0.3 is 5.97 Å². The third-order valence-corrected chi connectivity index (χ3v) is 5.35. The summed E-state index contributed by atoms with van der Waals surface area (Å²) in [7, 11) is 0. The summed E-state index contributed by atoms with van der Waals surface area (Å²) in [5.41, 5.74) is -0.0273. The number of aromatic nitrogens is 2. The summed E-state index contributed by atoms with van der Waals surface area (Å²) in [6.45, 7) is 3.65. The Morgan fingerprint density at radius 2 is 1.92 bits per heavy atom. The summed E-state index contributed by atoms with van der Waals surface area (Å²) in [5, 5.41) is 9.24. The number of nitrogens with zero attached hydrogens (tertiary/aromatic N) is 2. The van der Waals surface area contributed by atoms with Gasteiger partial charge in [-0.05, 0) is 38.0 Å². The lowest BCUT2D eigenvalue weighted by Crippen LogP contribution is -2.24. The Bertz CT molecular complexity index is 1050. The number of fused-ring (bicyclic) bond motifs is 1. The number of thiophene rings is 1. The molecule has 0 aliphatic rings. The van der Waals surface area contributed by atoms with E-state index in [0.29, 0.717) is 10.2 Å². The van der Waals surface area contributed by atoms with Gasteiger partial charge in [0, 0.05) is 17.8 Å². The minimum Gasteiger partial charge on any atom is -0.481 e. The van der Waals surface area contributed by atoms with Crippen LogP contribution in [0.1, 0.15) is 23.3 Å². The number of aliphatic carboxylic acids is 1.